The zero-order valence-corrected chi connectivity index (χ0v) is 12.7. The molecule has 0 fully saturated rings. The summed E-state index contributed by atoms with van der Waals surface area (Å²) in [5.41, 5.74) is 0.909. The van der Waals surface area contributed by atoms with Crippen molar-refractivity contribution >= 4 is 10.1 Å². The standard InChI is InChI=1S/C11H16O3S.Na/c1-9(2)11(8-15(12,13)14)10-6-4-3-5-7-10;/h3-7,9,11H,8H2,1-2H3,(H,12,13,14);/q;+1/p-1/t11-;/m0./s1. The molecule has 0 saturated carbocycles. The summed E-state index contributed by atoms with van der Waals surface area (Å²) < 4.78 is 32.3. The molecule has 0 amide bonds. The summed E-state index contributed by atoms with van der Waals surface area (Å²) in [7, 11) is -4.17. The Balaban J connectivity index is 0.00000225. The number of rotatable bonds is 4. The van der Waals surface area contributed by atoms with E-state index in [-0.39, 0.29) is 47.1 Å². The van der Waals surface area contributed by atoms with Crippen LogP contribution in [-0.2, 0) is 10.1 Å². The van der Waals surface area contributed by atoms with Gasteiger partial charge < -0.3 is 4.55 Å². The van der Waals surface area contributed by atoms with E-state index in [1.807, 2.05) is 44.2 Å². The summed E-state index contributed by atoms with van der Waals surface area (Å²) in [5.74, 6) is -0.404. The van der Waals surface area contributed by atoms with Gasteiger partial charge in [-0.15, -0.1) is 0 Å². The molecule has 0 aliphatic rings. The molecular formula is C11H15NaO3S. The maximum Gasteiger partial charge on any atom is 1.00 e. The maximum absolute atomic E-state index is 10.8. The van der Waals surface area contributed by atoms with E-state index >= 15 is 0 Å². The molecule has 0 N–H and O–H groups in total. The van der Waals surface area contributed by atoms with Gasteiger partial charge in [-0.1, -0.05) is 44.2 Å². The minimum absolute atomic E-state index is 0. The van der Waals surface area contributed by atoms with E-state index < -0.39 is 10.1 Å². The van der Waals surface area contributed by atoms with Crippen LogP contribution in [-0.4, -0.2) is 18.7 Å². The van der Waals surface area contributed by atoms with Crippen molar-refractivity contribution in [3.8, 4) is 0 Å². The summed E-state index contributed by atoms with van der Waals surface area (Å²) in [5, 5.41) is 0. The van der Waals surface area contributed by atoms with Crippen LogP contribution in [0.15, 0.2) is 30.3 Å². The van der Waals surface area contributed by atoms with Crippen molar-refractivity contribution in [2.75, 3.05) is 5.75 Å². The van der Waals surface area contributed by atoms with Crippen LogP contribution in [0.2, 0.25) is 0 Å². The molecule has 1 aromatic rings. The molecule has 0 radical (unpaired) electrons. The van der Waals surface area contributed by atoms with Gasteiger partial charge in [0, 0.05) is 5.75 Å². The average Bonchev–Trinajstić information content (AvgIpc) is 2.14. The number of benzene rings is 1. The van der Waals surface area contributed by atoms with Gasteiger partial charge in [0.15, 0.2) is 0 Å². The minimum atomic E-state index is -4.17. The first-order chi connectivity index (χ1) is 6.90. The maximum atomic E-state index is 10.8. The first kappa shape index (κ1) is 16.1. The van der Waals surface area contributed by atoms with Crippen molar-refractivity contribution in [2.24, 2.45) is 5.92 Å². The quantitative estimate of drug-likeness (QED) is 0.507. The van der Waals surface area contributed by atoms with Gasteiger partial charge in [0.25, 0.3) is 0 Å². The third kappa shape index (κ3) is 5.46. The molecule has 0 spiro atoms. The summed E-state index contributed by atoms with van der Waals surface area (Å²) in [6.07, 6.45) is 0. The molecule has 16 heavy (non-hydrogen) atoms. The molecule has 0 heterocycles. The number of hydrogen-bond acceptors (Lipinski definition) is 3. The Bertz CT molecular complexity index is 400. The molecule has 1 aromatic carbocycles. The van der Waals surface area contributed by atoms with Gasteiger partial charge in [-0.05, 0) is 17.4 Å². The monoisotopic (exact) mass is 250 g/mol. The fraction of sp³-hybridized carbons (Fsp3) is 0.455. The Morgan fingerprint density at radius 3 is 2.06 bits per heavy atom. The van der Waals surface area contributed by atoms with Crippen molar-refractivity contribution in [1.29, 1.82) is 0 Å². The first-order valence-corrected chi connectivity index (χ1v) is 6.46. The second-order valence-electron chi connectivity index (χ2n) is 3.99. The second-order valence-corrected chi connectivity index (χ2v) is 5.43. The van der Waals surface area contributed by atoms with Crippen molar-refractivity contribution in [2.45, 2.75) is 19.8 Å². The summed E-state index contributed by atoms with van der Waals surface area (Å²) in [4.78, 5) is 0. The molecule has 0 aliphatic heterocycles. The van der Waals surface area contributed by atoms with Gasteiger partial charge in [0.1, 0.15) is 0 Å². The molecule has 0 aromatic heterocycles. The normalized spacial score (nSPS) is 13.2. The van der Waals surface area contributed by atoms with Crippen LogP contribution in [0.3, 0.4) is 0 Å². The van der Waals surface area contributed by atoms with Crippen LogP contribution in [0, 0.1) is 5.92 Å². The van der Waals surface area contributed by atoms with Gasteiger partial charge in [0.2, 0.25) is 0 Å². The van der Waals surface area contributed by atoms with Crippen LogP contribution >= 0.6 is 0 Å². The van der Waals surface area contributed by atoms with Gasteiger partial charge in [0.05, 0.1) is 10.1 Å². The number of hydrogen-bond donors (Lipinski definition) is 0. The molecule has 1 atom stereocenters. The van der Waals surface area contributed by atoms with E-state index in [0.717, 1.165) is 5.56 Å². The van der Waals surface area contributed by atoms with E-state index in [4.69, 9.17) is 0 Å². The van der Waals surface area contributed by atoms with Gasteiger partial charge in [-0.2, -0.15) is 0 Å². The molecule has 0 unspecified atom stereocenters. The van der Waals surface area contributed by atoms with E-state index in [2.05, 4.69) is 0 Å². The van der Waals surface area contributed by atoms with Crippen molar-refractivity contribution in [3.63, 3.8) is 0 Å². The molecular weight excluding hydrogens is 235 g/mol. The fourth-order valence-electron chi connectivity index (χ4n) is 1.59. The van der Waals surface area contributed by atoms with Crippen molar-refractivity contribution in [3.05, 3.63) is 35.9 Å². The largest absolute Gasteiger partial charge is 1.00 e. The van der Waals surface area contributed by atoms with E-state index in [9.17, 15) is 13.0 Å². The zero-order valence-electron chi connectivity index (χ0n) is 9.88. The van der Waals surface area contributed by atoms with Crippen LogP contribution < -0.4 is 29.6 Å². The Morgan fingerprint density at radius 2 is 1.69 bits per heavy atom. The van der Waals surface area contributed by atoms with Crippen LogP contribution in [0.5, 0.6) is 0 Å². The molecule has 5 heteroatoms. The Labute approximate surface area is 119 Å². The predicted octanol–water partition coefficient (Wildman–Crippen LogP) is -1.02. The van der Waals surface area contributed by atoms with Crippen molar-refractivity contribution < 1.29 is 42.5 Å². The zero-order chi connectivity index (χ0) is 11.5. The third-order valence-electron chi connectivity index (χ3n) is 2.42. The van der Waals surface area contributed by atoms with Gasteiger partial charge in [-0.3, -0.25) is 0 Å². The SMILES string of the molecule is CC(C)[C@H](CS(=O)(=O)[O-])c1ccccc1.[Na+]. The molecule has 3 nitrogen and oxygen atoms in total. The topological polar surface area (TPSA) is 57.2 Å². The first-order valence-electron chi connectivity index (χ1n) is 4.88. The Kier molecular flexibility index (Phi) is 6.82. The molecule has 0 aliphatic carbocycles. The third-order valence-corrected chi connectivity index (χ3v) is 3.18. The van der Waals surface area contributed by atoms with E-state index in [1.54, 1.807) is 0 Å². The van der Waals surface area contributed by atoms with E-state index in [1.165, 1.54) is 0 Å². The summed E-state index contributed by atoms with van der Waals surface area (Å²) in [6.45, 7) is 3.84. The van der Waals surface area contributed by atoms with Gasteiger partial charge >= 0.3 is 29.6 Å². The molecule has 0 bridgehead atoms. The molecule has 0 saturated heterocycles. The van der Waals surface area contributed by atoms with Crippen LogP contribution in [0.25, 0.3) is 0 Å². The van der Waals surface area contributed by atoms with Crippen LogP contribution in [0.1, 0.15) is 25.3 Å². The smallest absolute Gasteiger partial charge is 0.748 e. The van der Waals surface area contributed by atoms with Gasteiger partial charge in [-0.25, -0.2) is 8.42 Å². The Hall–Kier alpha value is 0.130. The minimum Gasteiger partial charge on any atom is -0.748 e. The van der Waals surface area contributed by atoms with Crippen LogP contribution in [0.4, 0.5) is 0 Å². The second kappa shape index (κ2) is 6.77. The van der Waals surface area contributed by atoms with E-state index in [0.29, 0.717) is 0 Å². The summed E-state index contributed by atoms with van der Waals surface area (Å²) >= 11 is 0. The Morgan fingerprint density at radius 1 is 1.19 bits per heavy atom. The fourth-order valence-corrected chi connectivity index (χ4v) is 2.61. The summed E-state index contributed by atoms with van der Waals surface area (Å²) in [6, 6.07) is 9.28. The average molecular weight is 250 g/mol. The molecule has 84 valence electrons. The molecule has 1 rings (SSSR count). The predicted molar refractivity (Wildman–Crippen MR) is 58.6 cm³/mol. The van der Waals surface area contributed by atoms with Crippen molar-refractivity contribution in [1.82, 2.24) is 0 Å².